The number of ether oxygens (including phenoxy) is 1. The second-order valence-corrected chi connectivity index (χ2v) is 5.02. The van der Waals surface area contributed by atoms with Gasteiger partial charge < -0.3 is 10.1 Å². The lowest BCUT2D eigenvalue weighted by Gasteiger charge is -2.08. The largest absolute Gasteiger partial charge is 0.450 e. The Labute approximate surface area is 139 Å². The Hall–Kier alpha value is -2.89. The topological polar surface area (TPSA) is 67.4 Å². The molecular formula is C18H19FN2O3. The molecule has 0 aliphatic carbocycles. The number of nitrogens with one attached hydrogen (secondary N) is 2. The van der Waals surface area contributed by atoms with Gasteiger partial charge in [-0.2, -0.15) is 0 Å². The molecule has 5 nitrogen and oxygen atoms in total. The average Bonchev–Trinajstić information content (AvgIpc) is 2.57. The van der Waals surface area contributed by atoms with Gasteiger partial charge in [0.15, 0.2) is 0 Å². The molecule has 2 N–H and O–H groups in total. The van der Waals surface area contributed by atoms with Crippen molar-refractivity contribution in [3.63, 3.8) is 0 Å². The molecule has 0 atom stereocenters. The number of hydrogen-bond donors (Lipinski definition) is 2. The van der Waals surface area contributed by atoms with Crippen molar-refractivity contribution < 1.29 is 18.7 Å². The predicted octanol–water partition coefficient (Wildman–Crippen LogP) is 3.37. The van der Waals surface area contributed by atoms with Gasteiger partial charge in [-0.05, 0) is 49.2 Å². The first kappa shape index (κ1) is 17.5. The van der Waals surface area contributed by atoms with Crippen LogP contribution in [0.25, 0.3) is 0 Å². The minimum atomic E-state index is -0.542. The minimum Gasteiger partial charge on any atom is -0.450 e. The second kappa shape index (κ2) is 8.67. The van der Waals surface area contributed by atoms with E-state index in [1.165, 1.54) is 6.07 Å². The number of hydrogen-bond acceptors (Lipinski definition) is 3. The normalized spacial score (nSPS) is 10.1. The standard InChI is InChI=1S/C18H19FN2O3/c1-2-24-18(23)21-15-9-7-14(8-10-15)17(22)20-12-11-13-5-3-4-6-16(13)19/h3-10H,2,11-12H2,1H3,(H,20,22)(H,21,23). The van der Waals surface area contributed by atoms with Crippen LogP contribution in [0.4, 0.5) is 14.9 Å². The zero-order chi connectivity index (χ0) is 17.4. The summed E-state index contributed by atoms with van der Waals surface area (Å²) in [7, 11) is 0. The van der Waals surface area contributed by atoms with Crippen LogP contribution >= 0.6 is 0 Å². The third-order valence-electron chi connectivity index (χ3n) is 3.31. The molecule has 24 heavy (non-hydrogen) atoms. The maximum absolute atomic E-state index is 13.5. The molecular weight excluding hydrogens is 311 g/mol. The maximum atomic E-state index is 13.5. The summed E-state index contributed by atoms with van der Waals surface area (Å²) in [5.74, 6) is -0.532. The lowest BCUT2D eigenvalue weighted by Crippen LogP contribution is -2.25. The molecule has 0 saturated heterocycles. The van der Waals surface area contributed by atoms with E-state index in [2.05, 4.69) is 10.6 Å². The summed E-state index contributed by atoms with van der Waals surface area (Å²) in [6.07, 6.45) is -0.124. The highest BCUT2D eigenvalue weighted by molar-refractivity contribution is 5.95. The van der Waals surface area contributed by atoms with E-state index in [1.807, 2.05) is 0 Å². The fourth-order valence-corrected chi connectivity index (χ4v) is 2.10. The van der Waals surface area contributed by atoms with Crippen LogP contribution in [-0.4, -0.2) is 25.2 Å². The van der Waals surface area contributed by atoms with E-state index in [1.54, 1.807) is 49.4 Å². The first-order chi connectivity index (χ1) is 11.6. The molecule has 0 fully saturated rings. The van der Waals surface area contributed by atoms with Crippen molar-refractivity contribution in [2.75, 3.05) is 18.5 Å². The number of amides is 2. The summed E-state index contributed by atoms with van der Waals surface area (Å²) >= 11 is 0. The van der Waals surface area contributed by atoms with Gasteiger partial charge in [0.1, 0.15) is 5.82 Å². The number of benzene rings is 2. The lowest BCUT2D eigenvalue weighted by atomic mass is 10.1. The Kier molecular flexibility index (Phi) is 6.31. The maximum Gasteiger partial charge on any atom is 0.411 e. The van der Waals surface area contributed by atoms with Gasteiger partial charge in [0, 0.05) is 17.8 Å². The number of carbonyl (C=O) groups is 2. The Morgan fingerprint density at radius 1 is 1.08 bits per heavy atom. The van der Waals surface area contributed by atoms with Crippen molar-refractivity contribution in [3.05, 3.63) is 65.5 Å². The predicted molar refractivity (Wildman–Crippen MR) is 89.5 cm³/mol. The van der Waals surface area contributed by atoms with E-state index < -0.39 is 6.09 Å². The highest BCUT2D eigenvalue weighted by atomic mass is 19.1. The van der Waals surface area contributed by atoms with Crippen molar-refractivity contribution in [3.8, 4) is 0 Å². The van der Waals surface area contributed by atoms with Crippen LogP contribution in [0.3, 0.4) is 0 Å². The summed E-state index contributed by atoms with van der Waals surface area (Å²) in [6, 6.07) is 12.9. The fourth-order valence-electron chi connectivity index (χ4n) is 2.10. The molecule has 0 bridgehead atoms. The SMILES string of the molecule is CCOC(=O)Nc1ccc(C(=O)NCCc2ccccc2F)cc1. The van der Waals surface area contributed by atoms with Gasteiger partial charge in [0.2, 0.25) is 0 Å². The monoisotopic (exact) mass is 330 g/mol. The Morgan fingerprint density at radius 3 is 2.46 bits per heavy atom. The smallest absolute Gasteiger partial charge is 0.411 e. The van der Waals surface area contributed by atoms with Crippen LogP contribution in [0.5, 0.6) is 0 Å². The molecule has 126 valence electrons. The highest BCUT2D eigenvalue weighted by Crippen LogP contribution is 2.10. The quantitative estimate of drug-likeness (QED) is 0.853. The molecule has 0 unspecified atom stereocenters. The molecule has 0 spiro atoms. The number of carbonyl (C=O) groups excluding carboxylic acids is 2. The van der Waals surface area contributed by atoms with Crippen molar-refractivity contribution in [1.29, 1.82) is 0 Å². The van der Waals surface area contributed by atoms with E-state index in [4.69, 9.17) is 4.74 Å². The molecule has 2 rings (SSSR count). The van der Waals surface area contributed by atoms with Crippen molar-refractivity contribution in [2.24, 2.45) is 0 Å². The van der Waals surface area contributed by atoms with Crippen molar-refractivity contribution in [1.82, 2.24) is 5.32 Å². The zero-order valence-corrected chi connectivity index (χ0v) is 13.3. The average molecular weight is 330 g/mol. The van der Waals surface area contributed by atoms with E-state index in [0.717, 1.165) is 0 Å². The van der Waals surface area contributed by atoms with Crippen LogP contribution in [0.2, 0.25) is 0 Å². The van der Waals surface area contributed by atoms with Crippen LogP contribution in [-0.2, 0) is 11.2 Å². The van der Waals surface area contributed by atoms with E-state index in [0.29, 0.717) is 29.8 Å². The second-order valence-electron chi connectivity index (χ2n) is 5.02. The molecule has 0 saturated carbocycles. The number of rotatable bonds is 6. The highest BCUT2D eigenvalue weighted by Gasteiger charge is 2.07. The molecule has 6 heteroatoms. The van der Waals surface area contributed by atoms with Gasteiger partial charge in [-0.1, -0.05) is 18.2 Å². The minimum absolute atomic E-state index is 0.256. The van der Waals surface area contributed by atoms with Gasteiger partial charge >= 0.3 is 6.09 Å². The molecule has 0 aliphatic rings. The van der Waals surface area contributed by atoms with Crippen molar-refractivity contribution >= 4 is 17.7 Å². The van der Waals surface area contributed by atoms with E-state index in [9.17, 15) is 14.0 Å². The molecule has 2 aromatic rings. The van der Waals surface area contributed by atoms with Gasteiger partial charge in [-0.15, -0.1) is 0 Å². The summed E-state index contributed by atoms with van der Waals surface area (Å²) in [6.45, 7) is 2.34. The molecule has 2 aromatic carbocycles. The lowest BCUT2D eigenvalue weighted by molar-refractivity contribution is 0.0954. The molecule has 0 heterocycles. The molecule has 0 aromatic heterocycles. The molecule has 2 amide bonds. The van der Waals surface area contributed by atoms with Crippen LogP contribution in [0, 0.1) is 5.82 Å². The Bertz CT molecular complexity index is 702. The Balaban J connectivity index is 1.84. The molecule has 0 aliphatic heterocycles. The summed E-state index contributed by atoms with van der Waals surface area (Å²) in [4.78, 5) is 23.3. The fraction of sp³-hybridized carbons (Fsp3) is 0.222. The van der Waals surface area contributed by atoms with E-state index >= 15 is 0 Å². The molecule has 0 radical (unpaired) electrons. The zero-order valence-electron chi connectivity index (χ0n) is 13.3. The number of halogens is 1. The van der Waals surface area contributed by atoms with Crippen LogP contribution in [0.1, 0.15) is 22.8 Å². The van der Waals surface area contributed by atoms with Gasteiger partial charge in [-0.3, -0.25) is 10.1 Å². The van der Waals surface area contributed by atoms with Crippen LogP contribution in [0.15, 0.2) is 48.5 Å². The third-order valence-corrected chi connectivity index (χ3v) is 3.31. The third kappa shape index (κ3) is 5.08. The van der Waals surface area contributed by atoms with Crippen LogP contribution < -0.4 is 10.6 Å². The summed E-state index contributed by atoms with van der Waals surface area (Å²) in [5, 5.41) is 5.28. The van der Waals surface area contributed by atoms with Gasteiger partial charge in [0.05, 0.1) is 6.61 Å². The van der Waals surface area contributed by atoms with Gasteiger partial charge in [0.25, 0.3) is 5.91 Å². The first-order valence-corrected chi connectivity index (χ1v) is 7.65. The number of anilines is 1. The Morgan fingerprint density at radius 2 is 1.79 bits per heavy atom. The first-order valence-electron chi connectivity index (χ1n) is 7.65. The van der Waals surface area contributed by atoms with Crippen molar-refractivity contribution in [2.45, 2.75) is 13.3 Å². The summed E-state index contributed by atoms with van der Waals surface area (Å²) in [5.41, 5.74) is 1.56. The van der Waals surface area contributed by atoms with Gasteiger partial charge in [-0.25, -0.2) is 9.18 Å². The van der Waals surface area contributed by atoms with E-state index in [-0.39, 0.29) is 18.3 Å². The summed E-state index contributed by atoms with van der Waals surface area (Å²) < 4.78 is 18.3.